The SMILES string of the molecule is Cc1[nH]n(C)c(=O)c1C(=O)c1ccc(Cl)cc1Cl.[H-].[H-].[Mg+2]. The number of halogens is 2. The van der Waals surface area contributed by atoms with E-state index in [9.17, 15) is 9.59 Å². The van der Waals surface area contributed by atoms with Crippen molar-refractivity contribution in [1.29, 1.82) is 0 Å². The molecule has 0 aliphatic carbocycles. The first kappa shape index (κ1) is 16.3. The average molecular weight is 311 g/mol. The van der Waals surface area contributed by atoms with Crippen molar-refractivity contribution >= 4 is 52.0 Å². The molecule has 0 aliphatic heterocycles. The van der Waals surface area contributed by atoms with Crippen LogP contribution in [0.5, 0.6) is 0 Å². The maximum atomic E-state index is 12.3. The van der Waals surface area contributed by atoms with Crippen molar-refractivity contribution in [2.75, 3.05) is 0 Å². The molecule has 0 unspecified atom stereocenters. The molecular formula is C12H12Cl2MgN2O2. The van der Waals surface area contributed by atoms with Gasteiger partial charge in [0.05, 0.1) is 5.02 Å². The maximum absolute atomic E-state index is 12.3. The number of hydrogen-bond donors (Lipinski definition) is 1. The Labute approximate surface area is 138 Å². The van der Waals surface area contributed by atoms with Crippen molar-refractivity contribution in [3.8, 4) is 0 Å². The number of aromatic nitrogens is 2. The van der Waals surface area contributed by atoms with Gasteiger partial charge in [0, 0.05) is 23.3 Å². The number of aryl methyl sites for hydroxylation is 2. The van der Waals surface area contributed by atoms with Gasteiger partial charge in [-0.3, -0.25) is 19.4 Å². The number of carbonyl (C=O) groups excluding carboxylic acids is 1. The normalized spacial score (nSPS) is 10.1. The predicted molar refractivity (Wildman–Crippen MR) is 78.6 cm³/mol. The number of H-pyrrole nitrogens is 1. The summed E-state index contributed by atoms with van der Waals surface area (Å²) in [7, 11) is 1.55. The number of nitrogens with zero attached hydrogens (tertiary/aromatic N) is 1. The summed E-state index contributed by atoms with van der Waals surface area (Å²) < 4.78 is 1.26. The van der Waals surface area contributed by atoms with E-state index in [4.69, 9.17) is 23.2 Å². The summed E-state index contributed by atoms with van der Waals surface area (Å²) >= 11 is 11.7. The third kappa shape index (κ3) is 3.05. The third-order valence-corrected chi connectivity index (χ3v) is 3.18. The maximum Gasteiger partial charge on any atom is 2.00 e. The molecule has 0 radical (unpaired) electrons. The second-order valence-corrected chi connectivity index (χ2v) is 4.77. The largest absolute Gasteiger partial charge is 2.00 e. The molecular weight excluding hydrogens is 299 g/mol. The minimum Gasteiger partial charge on any atom is -1.00 e. The molecule has 2 rings (SSSR count). The molecule has 2 aromatic rings. The van der Waals surface area contributed by atoms with Gasteiger partial charge in [0.15, 0.2) is 0 Å². The first-order valence-electron chi connectivity index (χ1n) is 5.17. The molecule has 98 valence electrons. The van der Waals surface area contributed by atoms with Gasteiger partial charge in [-0.25, -0.2) is 0 Å². The Kier molecular flexibility index (Phi) is 5.26. The zero-order valence-corrected chi connectivity index (χ0v) is 13.4. The first-order chi connectivity index (χ1) is 8.41. The van der Waals surface area contributed by atoms with Crippen molar-refractivity contribution in [1.82, 2.24) is 9.78 Å². The van der Waals surface area contributed by atoms with E-state index in [1.54, 1.807) is 20.0 Å². The van der Waals surface area contributed by atoms with E-state index in [0.717, 1.165) is 0 Å². The van der Waals surface area contributed by atoms with Gasteiger partial charge in [0.1, 0.15) is 5.56 Å². The number of aromatic amines is 1. The van der Waals surface area contributed by atoms with E-state index in [1.165, 1.54) is 16.8 Å². The summed E-state index contributed by atoms with van der Waals surface area (Å²) in [6, 6.07) is 4.55. The third-order valence-electron chi connectivity index (χ3n) is 2.63. The standard InChI is InChI=1S/C12H10Cl2N2O2.Mg.2H/c1-6-10(12(18)16(2)15-6)11(17)8-4-3-7(13)5-9(8)14;;;/h3-5,15H,1-2H3;;;/q;+2;2*-1. The summed E-state index contributed by atoms with van der Waals surface area (Å²) in [5.41, 5.74) is 0.504. The fourth-order valence-electron chi connectivity index (χ4n) is 1.76. The Balaban J connectivity index is 0. The van der Waals surface area contributed by atoms with Crippen molar-refractivity contribution in [3.63, 3.8) is 0 Å². The molecule has 0 amide bonds. The van der Waals surface area contributed by atoms with Crippen molar-refractivity contribution in [3.05, 3.63) is 55.4 Å². The molecule has 0 aliphatic rings. The van der Waals surface area contributed by atoms with E-state index in [0.29, 0.717) is 10.7 Å². The van der Waals surface area contributed by atoms with Crippen molar-refractivity contribution < 1.29 is 7.65 Å². The van der Waals surface area contributed by atoms with Gasteiger partial charge in [-0.15, -0.1) is 0 Å². The van der Waals surface area contributed by atoms with Gasteiger partial charge in [-0.1, -0.05) is 23.2 Å². The van der Waals surface area contributed by atoms with Crippen LogP contribution in [0.2, 0.25) is 10.0 Å². The molecule has 1 aromatic carbocycles. The minimum absolute atomic E-state index is 0. The summed E-state index contributed by atoms with van der Waals surface area (Å²) in [5, 5.41) is 3.44. The van der Waals surface area contributed by atoms with Gasteiger partial charge < -0.3 is 2.85 Å². The number of benzene rings is 1. The number of ketones is 1. The van der Waals surface area contributed by atoms with E-state index in [-0.39, 0.29) is 47.6 Å². The van der Waals surface area contributed by atoms with Gasteiger partial charge in [-0.05, 0) is 25.1 Å². The van der Waals surface area contributed by atoms with Crippen LogP contribution in [-0.2, 0) is 7.05 Å². The molecule has 19 heavy (non-hydrogen) atoms. The van der Waals surface area contributed by atoms with Crippen LogP contribution < -0.4 is 5.56 Å². The Bertz CT molecular complexity index is 701. The van der Waals surface area contributed by atoms with Gasteiger partial charge in [0.2, 0.25) is 5.78 Å². The van der Waals surface area contributed by atoms with Crippen molar-refractivity contribution in [2.45, 2.75) is 6.92 Å². The van der Waals surface area contributed by atoms with Crippen LogP contribution in [0.3, 0.4) is 0 Å². The molecule has 1 aromatic heterocycles. The van der Waals surface area contributed by atoms with Crippen LogP contribution in [0.1, 0.15) is 24.5 Å². The van der Waals surface area contributed by atoms with Gasteiger partial charge in [0.25, 0.3) is 5.56 Å². The zero-order chi connectivity index (χ0) is 13.4. The van der Waals surface area contributed by atoms with E-state index < -0.39 is 5.78 Å². The van der Waals surface area contributed by atoms with E-state index in [2.05, 4.69) is 5.10 Å². The van der Waals surface area contributed by atoms with Crippen LogP contribution in [0.4, 0.5) is 0 Å². The Hall–Kier alpha value is -0.754. The fourth-order valence-corrected chi connectivity index (χ4v) is 2.26. The monoisotopic (exact) mass is 310 g/mol. The van der Waals surface area contributed by atoms with Crippen LogP contribution in [0.15, 0.2) is 23.0 Å². The summed E-state index contributed by atoms with van der Waals surface area (Å²) in [4.78, 5) is 24.1. The second kappa shape index (κ2) is 6.13. The molecule has 0 spiro atoms. The molecule has 7 heteroatoms. The van der Waals surface area contributed by atoms with Crippen LogP contribution >= 0.6 is 23.2 Å². The molecule has 0 fully saturated rings. The van der Waals surface area contributed by atoms with Crippen LogP contribution in [0, 0.1) is 6.92 Å². The molecule has 4 nitrogen and oxygen atoms in total. The zero-order valence-electron chi connectivity index (χ0n) is 12.5. The number of rotatable bonds is 2. The fraction of sp³-hybridized carbons (Fsp3) is 0.167. The summed E-state index contributed by atoms with van der Waals surface area (Å²) in [6.45, 7) is 1.67. The molecule has 0 bridgehead atoms. The molecule has 1 heterocycles. The smallest absolute Gasteiger partial charge is 1.00 e. The molecule has 0 saturated heterocycles. The van der Waals surface area contributed by atoms with Crippen molar-refractivity contribution in [2.24, 2.45) is 7.05 Å². The van der Waals surface area contributed by atoms with E-state index >= 15 is 0 Å². The van der Waals surface area contributed by atoms with Crippen LogP contribution in [0.25, 0.3) is 0 Å². The summed E-state index contributed by atoms with van der Waals surface area (Å²) in [5.74, 6) is -0.406. The van der Waals surface area contributed by atoms with Gasteiger partial charge in [-0.2, -0.15) is 0 Å². The molecule has 0 saturated carbocycles. The molecule has 0 atom stereocenters. The molecule has 1 N–H and O–H groups in total. The summed E-state index contributed by atoms with van der Waals surface area (Å²) in [6.07, 6.45) is 0. The Morgan fingerprint density at radius 3 is 2.47 bits per heavy atom. The topological polar surface area (TPSA) is 54.9 Å². The number of nitrogens with one attached hydrogen (secondary N) is 1. The Morgan fingerprint density at radius 2 is 2.00 bits per heavy atom. The predicted octanol–water partition coefficient (Wildman–Crippen LogP) is 2.40. The van der Waals surface area contributed by atoms with Gasteiger partial charge >= 0.3 is 23.1 Å². The number of hydrogen-bond acceptors (Lipinski definition) is 2. The quantitative estimate of drug-likeness (QED) is 0.684. The second-order valence-electron chi connectivity index (χ2n) is 3.93. The minimum atomic E-state index is -0.406. The number of carbonyl (C=O) groups is 1. The average Bonchev–Trinajstić information content (AvgIpc) is 2.52. The Morgan fingerprint density at radius 1 is 1.37 bits per heavy atom. The van der Waals surface area contributed by atoms with E-state index in [1.807, 2.05) is 0 Å². The first-order valence-corrected chi connectivity index (χ1v) is 5.92. The van der Waals surface area contributed by atoms with Crippen LogP contribution in [-0.4, -0.2) is 38.6 Å².